The molecule has 1 amide bonds. The first-order valence-corrected chi connectivity index (χ1v) is 6.86. The summed E-state index contributed by atoms with van der Waals surface area (Å²) in [5.74, 6) is -0.299. The van der Waals surface area contributed by atoms with Crippen molar-refractivity contribution < 1.29 is 4.79 Å². The van der Waals surface area contributed by atoms with Gasteiger partial charge in [0.15, 0.2) is 5.15 Å². The maximum atomic E-state index is 11.9. The Labute approximate surface area is 120 Å². The molecule has 0 atom stereocenters. The number of halogens is 3. The lowest BCUT2D eigenvalue weighted by molar-refractivity contribution is 0.103. The molecule has 0 saturated carbocycles. The molecule has 0 spiro atoms. The molecule has 0 aliphatic carbocycles. The van der Waals surface area contributed by atoms with Crippen molar-refractivity contribution in [1.29, 1.82) is 0 Å². The number of thiophene rings is 1. The predicted molar refractivity (Wildman–Crippen MR) is 74.2 cm³/mol. The van der Waals surface area contributed by atoms with Crippen LogP contribution in [0.3, 0.4) is 0 Å². The molecule has 0 unspecified atom stereocenters. The number of carbonyl (C=O) groups is 1. The van der Waals surface area contributed by atoms with Gasteiger partial charge in [-0.15, -0.1) is 11.3 Å². The lowest BCUT2D eigenvalue weighted by atomic mass is 10.4. The van der Waals surface area contributed by atoms with Crippen LogP contribution in [0.2, 0.25) is 10.2 Å². The monoisotopic (exact) mass is 350 g/mol. The van der Waals surface area contributed by atoms with E-state index < -0.39 is 0 Å². The van der Waals surface area contributed by atoms with Gasteiger partial charge < -0.3 is 5.32 Å². The zero-order chi connectivity index (χ0) is 12.4. The van der Waals surface area contributed by atoms with Crippen molar-refractivity contribution in [3.63, 3.8) is 0 Å². The van der Waals surface area contributed by atoms with Crippen LogP contribution in [0.4, 0.5) is 5.69 Å². The van der Waals surface area contributed by atoms with Gasteiger partial charge in [0, 0.05) is 10.7 Å². The number of anilines is 1. The Morgan fingerprint density at radius 2 is 2.24 bits per heavy atom. The zero-order valence-electron chi connectivity index (χ0n) is 8.21. The first-order valence-electron chi connectivity index (χ1n) is 4.43. The Bertz CT molecular complexity index is 573. The topological polar surface area (TPSA) is 42.0 Å². The molecular weight excluding hydrogens is 347 g/mol. The molecule has 17 heavy (non-hydrogen) atoms. The maximum absolute atomic E-state index is 11.9. The fraction of sp³-hybridized carbons (Fsp3) is 0. The summed E-state index contributed by atoms with van der Waals surface area (Å²) in [5, 5.41) is 5.06. The summed E-state index contributed by atoms with van der Waals surface area (Å²) >= 11 is 16.3. The molecule has 0 aliphatic heterocycles. The molecule has 2 rings (SSSR count). The molecule has 0 aliphatic rings. The summed E-state index contributed by atoms with van der Waals surface area (Å²) in [4.78, 5) is 16.2. The Kier molecular flexibility index (Phi) is 4.04. The Balaban J connectivity index is 2.24. The van der Waals surface area contributed by atoms with Crippen LogP contribution in [0, 0.1) is 0 Å². The number of nitrogens with zero attached hydrogens (tertiary/aromatic N) is 1. The highest BCUT2D eigenvalue weighted by Gasteiger charge is 2.14. The first kappa shape index (κ1) is 12.8. The number of pyridine rings is 1. The molecule has 88 valence electrons. The quantitative estimate of drug-likeness (QED) is 0.811. The molecule has 2 heterocycles. The van der Waals surface area contributed by atoms with Crippen LogP contribution in [0.5, 0.6) is 0 Å². The van der Waals surface area contributed by atoms with Gasteiger partial charge in [-0.25, -0.2) is 4.98 Å². The molecule has 0 fully saturated rings. The van der Waals surface area contributed by atoms with E-state index in [1.165, 1.54) is 11.3 Å². The number of nitrogens with one attached hydrogen (secondary N) is 1. The molecule has 1 N–H and O–H groups in total. The average Bonchev–Trinajstić information content (AvgIpc) is 2.70. The number of amides is 1. The van der Waals surface area contributed by atoms with Gasteiger partial charge >= 0.3 is 0 Å². The van der Waals surface area contributed by atoms with Crippen molar-refractivity contribution in [2.45, 2.75) is 0 Å². The third kappa shape index (κ3) is 2.98. The van der Waals surface area contributed by atoms with Crippen molar-refractivity contribution in [2.24, 2.45) is 0 Å². The van der Waals surface area contributed by atoms with Crippen LogP contribution in [-0.2, 0) is 0 Å². The van der Waals surface area contributed by atoms with Gasteiger partial charge in [-0.2, -0.15) is 0 Å². The van der Waals surface area contributed by atoms with Crippen molar-refractivity contribution in [1.82, 2.24) is 4.98 Å². The van der Waals surface area contributed by atoms with E-state index in [1.54, 1.807) is 23.7 Å². The van der Waals surface area contributed by atoms with Crippen LogP contribution < -0.4 is 5.32 Å². The SMILES string of the molecule is O=C(Nc1cc(Br)cnc1Cl)c1sccc1Cl. The van der Waals surface area contributed by atoms with E-state index in [2.05, 4.69) is 26.2 Å². The number of hydrogen-bond donors (Lipinski definition) is 1. The second kappa shape index (κ2) is 5.35. The predicted octanol–water partition coefficient (Wildman–Crippen LogP) is 4.46. The van der Waals surface area contributed by atoms with E-state index in [-0.39, 0.29) is 11.1 Å². The lowest BCUT2D eigenvalue weighted by Crippen LogP contribution is -2.11. The fourth-order valence-corrected chi connectivity index (χ4v) is 2.66. The number of rotatable bonds is 2. The van der Waals surface area contributed by atoms with E-state index in [0.717, 1.165) is 4.47 Å². The van der Waals surface area contributed by atoms with Crippen molar-refractivity contribution in [3.8, 4) is 0 Å². The van der Waals surface area contributed by atoms with Gasteiger partial charge in [-0.3, -0.25) is 4.79 Å². The summed E-state index contributed by atoms with van der Waals surface area (Å²) in [7, 11) is 0. The third-order valence-electron chi connectivity index (χ3n) is 1.88. The van der Waals surface area contributed by atoms with E-state index in [9.17, 15) is 4.79 Å². The van der Waals surface area contributed by atoms with E-state index in [0.29, 0.717) is 15.6 Å². The highest BCUT2D eigenvalue weighted by Crippen LogP contribution is 2.26. The van der Waals surface area contributed by atoms with Gasteiger partial charge in [0.25, 0.3) is 5.91 Å². The molecule has 2 aromatic rings. The minimum atomic E-state index is -0.299. The minimum absolute atomic E-state index is 0.231. The van der Waals surface area contributed by atoms with E-state index in [4.69, 9.17) is 23.2 Å². The van der Waals surface area contributed by atoms with Crippen molar-refractivity contribution >= 4 is 62.1 Å². The third-order valence-corrected chi connectivity index (χ3v) is 3.95. The summed E-state index contributed by atoms with van der Waals surface area (Å²) in [6.07, 6.45) is 1.55. The van der Waals surface area contributed by atoms with Crippen LogP contribution in [0.15, 0.2) is 28.2 Å². The van der Waals surface area contributed by atoms with Gasteiger partial charge in [0.2, 0.25) is 0 Å². The highest BCUT2D eigenvalue weighted by molar-refractivity contribution is 9.10. The van der Waals surface area contributed by atoms with E-state index in [1.807, 2.05) is 0 Å². The average molecular weight is 352 g/mol. The molecule has 2 aromatic heterocycles. The molecular formula is C10H5BrCl2N2OS. The Morgan fingerprint density at radius 1 is 1.47 bits per heavy atom. The summed E-state index contributed by atoms with van der Waals surface area (Å²) in [6, 6.07) is 3.34. The minimum Gasteiger partial charge on any atom is -0.319 e. The number of carbonyl (C=O) groups excluding carboxylic acids is 1. The van der Waals surface area contributed by atoms with Gasteiger partial charge in [-0.1, -0.05) is 23.2 Å². The number of hydrogen-bond acceptors (Lipinski definition) is 3. The van der Waals surface area contributed by atoms with Gasteiger partial charge in [0.05, 0.1) is 10.7 Å². The maximum Gasteiger partial charge on any atom is 0.267 e. The summed E-state index contributed by atoms with van der Waals surface area (Å²) in [6.45, 7) is 0. The highest BCUT2D eigenvalue weighted by atomic mass is 79.9. The molecule has 0 aromatic carbocycles. The molecule has 0 radical (unpaired) electrons. The van der Waals surface area contributed by atoms with Crippen LogP contribution in [0.25, 0.3) is 0 Å². The Morgan fingerprint density at radius 3 is 2.88 bits per heavy atom. The van der Waals surface area contributed by atoms with Gasteiger partial charge in [-0.05, 0) is 33.4 Å². The van der Waals surface area contributed by atoms with Crippen molar-refractivity contribution in [2.75, 3.05) is 5.32 Å². The molecule has 7 heteroatoms. The van der Waals surface area contributed by atoms with Crippen molar-refractivity contribution in [3.05, 3.63) is 43.2 Å². The summed E-state index contributed by atoms with van der Waals surface area (Å²) < 4.78 is 0.731. The summed E-state index contributed by atoms with van der Waals surface area (Å²) in [5.41, 5.74) is 0.440. The lowest BCUT2D eigenvalue weighted by Gasteiger charge is -2.05. The zero-order valence-corrected chi connectivity index (χ0v) is 12.1. The first-order chi connectivity index (χ1) is 8.08. The van der Waals surface area contributed by atoms with E-state index >= 15 is 0 Å². The smallest absolute Gasteiger partial charge is 0.267 e. The van der Waals surface area contributed by atoms with Crippen LogP contribution in [0.1, 0.15) is 9.67 Å². The second-order valence-electron chi connectivity index (χ2n) is 3.04. The normalized spacial score (nSPS) is 10.3. The molecule has 0 saturated heterocycles. The largest absolute Gasteiger partial charge is 0.319 e. The number of aromatic nitrogens is 1. The fourth-order valence-electron chi connectivity index (χ4n) is 1.15. The molecule has 0 bridgehead atoms. The second-order valence-corrected chi connectivity index (χ2v) is 5.64. The van der Waals surface area contributed by atoms with Gasteiger partial charge in [0.1, 0.15) is 4.88 Å². The Hall–Kier alpha value is -0.620. The molecule has 3 nitrogen and oxygen atoms in total. The standard InChI is InChI=1S/C10H5BrCl2N2OS/c11-5-3-7(9(13)14-4-5)15-10(16)8-6(12)1-2-17-8/h1-4H,(H,15,16). The van der Waals surface area contributed by atoms with Crippen LogP contribution >= 0.6 is 50.5 Å². The van der Waals surface area contributed by atoms with Crippen LogP contribution in [-0.4, -0.2) is 10.9 Å².